The van der Waals surface area contributed by atoms with Gasteiger partial charge in [0.1, 0.15) is 17.7 Å². The van der Waals surface area contributed by atoms with Crippen LogP contribution in [0.5, 0.6) is 5.75 Å². The summed E-state index contributed by atoms with van der Waals surface area (Å²) in [5.74, 6) is 0.325. The topological polar surface area (TPSA) is 35.2 Å². The van der Waals surface area contributed by atoms with Gasteiger partial charge in [-0.15, -0.1) is 0 Å². The van der Waals surface area contributed by atoms with Gasteiger partial charge in [-0.2, -0.15) is 0 Å². The van der Waals surface area contributed by atoms with E-state index in [0.717, 1.165) is 10.0 Å². The number of nitrogens with two attached hydrogens (primary N) is 1. The average Bonchev–Trinajstić information content (AvgIpc) is 2.37. The van der Waals surface area contributed by atoms with Gasteiger partial charge >= 0.3 is 0 Å². The van der Waals surface area contributed by atoms with E-state index in [1.54, 1.807) is 12.1 Å². The van der Waals surface area contributed by atoms with Crippen molar-refractivity contribution in [1.82, 2.24) is 0 Å². The molecule has 2 aromatic carbocycles. The van der Waals surface area contributed by atoms with Gasteiger partial charge in [0.25, 0.3) is 0 Å². The summed E-state index contributed by atoms with van der Waals surface area (Å²) in [6.07, 6.45) is 0.136. The van der Waals surface area contributed by atoms with Gasteiger partial charge in [0, 0.05) is 33.1 Å². The molecule has 0 radical (unpaired) electrons. The molecule has 2 aromatic rings. The number of fused-ring (bicyclic) bond motifs is 1. The normalized spacial score (nSPS) is 21.2. The van der Waals surface area contributed by atoms with Crippen molar-refractivity contribution in [2.45, 2.75) is 18.6 Å². The molecule has 0 amide bonds. The Labute approximate surface area is 129 Å². The fourth-order valence-corrected chi connectivity index (χ4v) is 2.93. The minimum Gasteiger partial charge on any atom is -0.485 e. The lowest BCUT2D eigenvalue weighted by Gasteiger charge is -2.31. The fourth-order valence-electron chi connectivity index (χ4n) is 2.43. The zero-order valence-corrected chi connectivity index (χ0v) is 12.8. The molecule has 2 nitrogen and oxygen atoms in total. The van der Waals surface area contributed by atoms with Gasteiger partial charge in [-0.1, -0.05) is 39.7 Å². The Morgan fingerprint density at radius 1 is 1.20 bits per heavy atom. The van der Waals surface area contributed by atoms with Crippen LogP contribution >= 0.6 is 27.5 Å². The predicted octanol–water partition coefficient (Wildman–Crippen LogP) is 4.77. The molecule has 0 saturated heterocycles. The van der Waals surface area contributed by atoms with Crippen molar-refractivity contribution >= 4 is 27.5 Å². The van der Waals surface area contributed by atoms with Gasteiger partial charge in [0.2, 0.25) is 0 Å². The maximum atomic E-state index is 14.0. The summed E-state index contributed by atoms with van der Waals surface area (Å²) in [5, 5.41) is 0.370. The van der Waals surface area contributed by atoms with Crippen molar-refractivity contribution in [3.63, 3.8) is 0 Å². The lowest BCUT2D eigenvalue weighted by molar-refractivity contribution is 0.157. The highest BCUT2D eigenvalue weighted by atomic mass is 79.9. The first-order chi connectivity index (χ1) is 9.54. The molecule has 3 rings (SSSR count). The van der Waals surface area contributed by atoms with E-state index < -0.39 is 6.10 Å². The van der Waals surface area contributed by atoms with Crippen LogP contribution < -0.4 is 10.5 Å². The van der Waals surface area contributed by atoms with Crippen LogP contribution in [0.15, 0.2) is 40.9 Å². The number of hydrogen-bond acceptors (Lipinski definition) is 2. The molecule has 20 heavy (non-hydrogen) atoms. The molecular weight excluding hydrogens is 345 g/mol. The van der Waals surface area contributed by atoms with Gasteiger partial charge in [-0.3, -0.25) is 0 Å². The second-order valence-corrected chi connectivity index (χ2v) is 6.15. The minimum absolute atomic E-state index is 0.174. The molecule has 1 aliphatic heterocycles. The third-order valence-electron chi connectivity index (χ3n) is 3.42. The molecule has 2 unspecified atom stereocenters. The number of benzene rings is 2. The fraction of sp³-hybridized carbons (Fsp3) is 0.200. The first-order valence-corrected chi connectivity index (χ1v) is 7.38. The highest BCUT2D eigenvalue weighted by molar-refractivity contribution is 9.10. The molecule has 1 aliphatic rings. The standard InChI is InChI=1S/C15H12BrClFNO/c16-8-1-3-11-13(19)7-15(20-14(11)5-8)10-4-2-9(17)6-12(10)18/h1-6,13,15H,7,19H2. The second kappa shape index (κ2) is 5.35. The molecule has 5 heteroatoms. The molecule has 0 aromatic heterocycles. The summed E-state index contributed by atoms with van der Waals surface area (Å²) in [6.45, 7) is 0. The van der Waals surface area contributed by atoms with E-state index >= 15 is 0 Å². The quantitative estimate of drug-likeness (QED) is 0.799. The summed E-state index contributed by atoms with van der Waals surface area (Å²) < 4.78 is 20.8. The van der Waals surface area contributed by atoms with E-state index in [-0.39, 0.29) is 11.9 Å². The first kappa shape index (κ1) is 13.9. The lowest BCUT2D eigenvalue weighted by atomic mass is 9.93. The van der Waals surface area contributed by atoms with Gasteiger partial charge < -0.3 is 10.5 Å². The molecule has 0 spiro atoms. The molecule has 0 fully saturated rings. The van der Waals surface area contributed by atoms with Crippen LogP contribution in [0.2, 0.25) is 5.02 Å². The maximum absolute atomic E-state index is 14.0. The minimum atomic E-state index is -0.399. The van der Waals surface area contributed by atoms with Crippen molar-refractivity contribution in [2.24, 2.45) is 5.73 Å². The van der Waals surface area contributed by atoms with Crippen LogP contribution in [0.4, 0.5) is 4.39 Å². The predicted molar refractivity (Wildman–Crippen MR) is 80.5 cm³/mol. The smallest absolute Gasteiger partial charge is 0.131 e. The van der Waals surface area contributed by atoms with Crippen molar-refractivity contribution < 1.29 is 9.13 Å². The SMILES string of the molecule is NC1CC(c2ccc(Cl)cc2F)Oc2cc(Br)ccc21. The van der Waals surface area contributed by atoms with Gasteiger partial charge in [-0.05, 0) is 24.3 Å². The van der Waals surface area contributed by atoms with E-state index in [4.69, 9.17) is 22.1 Å². The summed E-state index contributed by atoms with van der Waals surface area (Å²) in [6, 6.07) is 10.1. The zero-order valence-electron chi connectivity index (χ0n) is 10.4. The van der Waals surface area contributed by atoms with Crippen LogP contribution in [-0.2, 0) is 0 Å². The molecule has 0 bridgehead atoms. The number of rotatable bonds is 1. The maximum Gasteiger partial charge on any atom is 0.131 e. The van der Waals surface area contributed by atoms with Crippen LogP contribution in [0.25, 0.3) is 0 Å². The first-order valence-electron chi connectivity index (χ1n) is 6.21. The van der Waals surface area contributed by atoms with Gasteiger partial charge in [-0.25, -0.2) is 4.39 Å². The Balaban J connectivity index is 1.98. The Morgan fingerprint density at radius 2 is 1.95 bits per heavy atom. The van der Waals surface area contributed by atoms with Crippen molar-refractivity contribution in [1.29, 1.82) is 0 Å². The molecule has 2 N–H and O–H groups in total. The molecule has 104 valence electrons. The van der Waals surface area contributed by atoms with E-state index in [1.165, 1.54) is 6.07 Å². The molecule has 2 atom stereocenters. The van der Waals surface area contributed by atoms with Crippen molar-refractivity contribution in [2.75, 3.05) is 0 Å². The Bertz CT molecular complexity index is 664. The summed E-state index contributed by atoms with van der Waals surface area (Å²) in [4.78, 5) is 0. The molecular formula is C15H12BrClFNO. The molecule has 0 aliphatic carbocycles. The Kier molecular flexibility index (Phi) is 3.71. The van der Waals surface area contributed by atoms with E-state index in [2.05, 4.69) is 15.9 Å². The van der Waals surface area contributed by atoms with Gasteiger partial charge in [0.05, 0.1) is 0 Å². The average molecular weight is 357 g/mol. The summed E-state index contributed by atoms with van der Waals surface area (Å²) in [7, 11) is 0. The summed E-state index contributed by atoms with van der Waals surface area (Å²) in [5.41, 5.74) is 7.59. The Hall–Kier alpha value is -1.10. The van der Waals surface area contributed by atoms with E-state index in [1.807, 2.05) is 18.2 Å². The number of ether oxygens (including phenoxy) is 1. The van der Waals surface area contributed by atoms with E-state index in [0.29, 0.717) is 22.8 Å². The highest BCUT2D eigenvalue weighted by Gasteiger charge is 2.28. The van der Waals surface area contributed by atoms with Crippen molar-refractivity contribution in [3.8, 4) is 5.75 Å². The molecule has 1 heterocycles. The number of halogens is 3. The Morgan fingerprint density at radius 3 is 2.70 bits per heavy atom. The van der Waals surface area contributed by atoms with Crippen LogP contribution in [0, 0.1) is 5.82 Å². The lowest BCUT2D eigenvalue weighted by Crippen LogP contribution is -2.24. The number of hydrogen-bond donors (Lipinski definition) is 1. The highest BCUT2D eigenvalue weighted by Crippen LogP contribution is 2.41. The van der Waals surface area contributed by atoms with Crippen LogP contribution in [-0.4, -0.2) is 0 Å². The summed E-state index contributed by atoms with van der Waals surface area (Å²) >= 11 is 9.17. The monoisotopic (exact) mass is 355 g/mol. The van der Waals surface area contributed by atoms with Crippen molar-refractivity contribution in [3.05, 3.63) is 62.8 Å². The van der Waals surface area contributed by atoms with Crippen LogP contribution in [0.1, 0.15) is 29.7 Å². The largest absolute Gasteiger partial charge is 0.485 e. The zero-order chi connectivity index (χ0) is 14.3. The molecule has 0 saturated carbocycles. The second-order valence-electron chi connectivity index (χ2n) is 4.80. The van der Waals surface area contributed by atoms with Crippen LogP contribution in [0.3, 0.4) is 0 Å². The van der Waals surface area contributed by atoms with Gasteiger partial charge in [0.15, 0.2) is 0 Å². The third kappa shape index (κ3) is 2.55. The van der Waals surface area contributed by atoms with E-state index in [9.17, 15) is 4.39 Å². The third-order valence-corrected chi connectivity index (χ3v) is 4.15.